The molecule has 1 aliphatic heterocycles. The standard InChI is InChI=1S/C23H32N2O2S/c1-5-19-9-11-20(12-10-19)17-25-14-13-23(3,18(2)16-25)21-7-6-8-22(15-21)24-28(4,26)27/h6-12,15,18,24H,5,13-14,16-17H2,1-4H3. The maximum Gasteiger partial charge on any atom is 0.229 e. The number of anilines is 1. The summed E-state index contributed by atoms with van der Waals surface area (Å²) >= 11 is 0. The van der Waals surface area contributed by atoms with Crippen molar-refractivity contribution < 1.29 is 8.42 Å². The first-order valence-electron chi connectivity index (χ1n) is 10.1. The van der Waals surface area contributed by atoms with Crippen molar-refractivity contribution in [3.8, 4) is 0 Å². The number of benzene rings is 2. The minimum absolute atomic E-state index is 0.0394. The van der Waals surface area contributed by atoms with E-state index in [1.54, 1.807) is 0 Å². The van der Waals surface area contributed by atoms with Gasteiger partial charge in [0.05, 0.1) is 6.26 Å². The van der Waals surface area contributed by atoms with Crippen molar-refractivity contribution >= 4 is 15.7 Å². The Morgan fingerprint density at radius 2 is 1.82 bits per heavy atom. The molecule has 1 heterocycles. The Bertz CT molecular complexity index is 908. The average Bonchev–Trinajstić information content (AvgIpc) is 2.64. The second kappa shape index (κ2) is 8.26. The number of rotatable bonds is 6. The van der Waals surface area contributed by atoms with Gasteiger partial charge in [-0.15, -0.1) is 0 Å². The van der Waals surface area contributed by atoms with Gasteiger partial charge in [0.25, 0.3) is 0 Å². The van der Waals surface area contributed by atoms with Crippen LogP contribution in [0.25, 0.3) is 0 Å². The molecule has 0 spiro atoms. The number of piperidine rings is 1. The molecule has 1 fully saturated rings. The summed E-state index contributed by atoms with van der Waals surface area (Å²) < 4.78 is 25.7. The summed E-state index contributed by atoms with van der Waals surface area (Å²) in [6.45, 7) is 9.87. The molecule has 2 aromatic carbocycles. The van der Waals surface area contributed by atoms with Gasteiger partial charge < -0.3 is 0 Å². The normalized spacial score (nSPS) is 23.5. The zero-order valence-corrected chi connectivity index (χ0v) is 18.2. The van der Waals surface area contributed by atoms with Crippen LogP contribution >= 0.6 is 0 Å². The van der Waals surface area contributed by atoms with Crippen molar-refractivity contribution in [1.29, 1.82) is 0 Å². The monoisotopic (exact) mass is 400 g/mol. The van der Waals surface area contributed by atoms with E-state index in [1.807, 2.05) is 18.2 Å². The molecule has 1 N–H and O–H groups in total. The zero-order valence-electron chi connectivity index (χ0n) is 17.4. The molecule has 0 amide bonds. The number of nitrogens with one attached hydrogen (secondary N) is 1. The Hall–Kier alpha value is -1.85. The summed E-state index contributed by atoms with van der Waals surface area (Å²) in [4.78, 5) is 2.53. The third kappa shape index (κ3) is 4.95. The highest BCUT2D eigenvalue weighted by Crippen LogP contribution is 2.40. The van der Waals surface area contributed by atoms with Crippen LogP contribution < -0.4 is 4.72 Å². The van der Waals surface area contributed by atoms with E-state index in [-0.39, 0.29) is 5.41 Å². The topological polar surface area (TPSA) is 49.4 Å². The minimum Gasteiger partial charge on any atom is -0.299 e. The van der Waals surface area contributed by atoms with Gasteiger partial charge in [-0.05, 0) is 59.5 Å². The predicted molar refractivity (Wildman–Crippen MR) is 117 cm³/mol. The van der Waals surface area contributed by atoms with Crippen LogP contribution in [-0.4, -0.2) is 32.7 Å². The molecule has 0 bridgehead atoms. The summed E-state index contributed by atoms with van der Waals surface area (Å²) in [6.07, 6.45) is 3.33. The Balaban J connectivity index is 1.70. The Morgan fingerprint density at radius 3 is 2.43 bits per heavy atom. The number of hydrogen-bond acceptors (Lipinski definition) is 3. The third-order valence-corrected chi connectivity index (χ3v) is 6.84. The molecule has 5 heteroatoms. The summed E-state index contributed by atoms with van der Waals surface area (Å²) in [5.74, 6) is 0.477. The minimum atomic E-state index is -3.26. The second-order valence-corrected chi connectivity index (χ2v) is 10.2. The van der Waals surface area contributed by atoms with E-state index < -0.39 is 10.0 Å². The van der Waals surface area contributed by atoms with Crippen molar-refractivity contribution in [1.82, 2.24) is 4.90 Å². The maximum atomic E-state index is 11.6. The first-order valence-corrected chi connectivity index (χ1v) is 12.0. The van der Waals surface area contributed by atoms with Gasteiger partial charge >= 0.3 is 0 Å². The fourth-order valence-corrected chi connectivity index (χ4v) is 4.73. The lowest BCUT2D eigenvalue weighted by Gasteiger charge is -2.45. The van der Waals surface area contributed by atoms with Gasteiger partial charge in [-0.1, -0.05) is 57.2 Å². The van der Waals surface area contributed by atoms with Crippen molar-refractivity contribution in [2.45, 2.75) is 45.6 Å². The van der Waals surface area contributed by atoms with Crippen LogP contribution in [0, 0.1) is 5.92 Å². The van der Waals surface area contributed by atoms with E-state index in [0.29, 0.717) is 11.6 Å². The Labute approximate surface area is 170 Å². The molecule has 2 aromatic rings. The summed E-state index contributed by atoms with van der Waals surface area (Å²) in [6, 6.07) is 16.8. The number of aryl methyl sites for hydroxylation is 1. The highest BCUT2D eigenvalue weighted by Gasteiger charge is 2.38. The average molecular weight is 401 g/mol. The molecule has 28 heavy (non-hydrogen) atoms. The first-order chi connectivity index (χ1) is 13.2. The van der Waals surface area contributed by atoms with Crippen molar-refractivity contribution in [3.63, 3.8) is 0 Å². The third-order valence-electron chi connectivity index (χ3n) is 6.23. The van der Waals surface area contributed by atoms with E-state index in [9.17, 15) is 8.42 Å². The Morgan fingerprint density at radius 1 is 1.14 bits per heavy atom. The lowest BCUT2D eigenvalue weighted by molar-refractivity contribution is 0.105. The van der Waals surface area contributed by atoms with Crippen LogP contribution in [0.3, 0.4) is 0 Å². The summed E-state index contributed by atoms with van der Waals surface area (Å²) in [5, 5.41) is 0. The van der Waals surface area contributed by atoms with Gasteiger partial charge in [-0.3, -0.25) is 9.62 Å². The molecule has 0 aliphatic carbocycles. The maximum absolute atomic E-state index is 11.6. The molecule has 1 saturated heterocycles. The SMILES string of the molecule is CCc1ccc(CN2CCC(C)(c3cccc(NS(C)(=O)=O)c3)C(C)C2)cc1. The fraction of sp³-hybridized carbons (Fsp3) is 0.478. The number of hydrogen-bond donors (Lipinski definition) is 1. The second-order valence-electron chi connectivity index (χ2n) is 8.43. The number of likely N-dealkylation sites (tertiary alicyclic amines) is 1. The van der Waals surface area contributed by atoms with Gasteiger partial charge in [0.15, 0.2) is 0 Å². The summed E-state index contributed by atoms with van der Waals surface area (Å²) in [7, 11) is -3.26. The molecule has 152 valence electrons. The highest BCUT2D eigenvalue weighted by atomic mass is 32.2. The van der Waals surface area contributed by atoms with E-state index in [4.69, 9.17) is 0 Å². The lowest BCUT2D eigenvalue weighted by Crippen LogP contribution is -2.46. The van der Waals surface area contributed by atoms with Crippen molar-refractivity contribution in [2.75, 3.05) is 24.1 Å². The highest BCUT2D eigenvalue weighted by molar-refractivity contribution is 7.92. The van der Waals surface area contributed by atoms with Gasteiger partial charge in [0.2, 0.25) is 10.0 Å². The quantitative estimate of drug-likeness (QED) is 0.781. The van der Waals surface area contributed by atoms with Crippen LogP contribution in [0.1, 0.15) is 43.9 Å². The van der Waals surface area contributed by atoms with Gasteiger partial charge in [0.1, 0.15) is 0 Å². The summed E-state index contributed by atoms with van der Waals surface area (Å²) in [5.41, 5.74) is 4.64. The molecule has 0 saturated carbocycles. The molecule has 1 aliphatic rings. The van der Waals surface area contributed by atoms with Crippen LogP contribution in [-0.2, 0) is 28.4 Å². The van der Waals surface area contributed by atoms with Crippen molar-refractivity contribution in [3.05, 3.63) is 65.2 Å². The zero-order chi connectivity index (χ0) is 20.4. The molecular formula is C23H32N2O2S. The number of nitrogens with zero attached hydrogens (tertiary/aromatic N) is 1. The van der Waals surface area contributed by atoms with Crippen LogP contribution in [0.2, 0.25) is 0 Å². The van der Waals surface area contributed by atoms with Gasteiger partial charge in [-0.2, -0.15) is 0 Å². The predicted octanol–water partition coefficient (Wildman–Crippen LogP) is 4.42. The van der Waals surface area contributed by atoms with E-state index >= 15 is 0 Å². The van der Waals surface area contributed by atoms with Crippen LogP contribution in [0.5, 0.6) is 0 Å². The largest absolute Gasteiger partial charge is 0.299 e. The van der Waals surface area contributed by atoms with E-state index in [2.05, 4.69) is 60.7 Å². The van der Waals surface area contributed by atoms with Gasteiger partial charge in [0, 0.05) is 18.8 Å². The molecule has 4 nitrogen and oxygen atoms in total. The van der Waals surface area contributed by atoms with E-state index in [1.165, 1.54) is 22.9 Å². The lowest BCUT2D eigenvalue weighted by atomic mass is 9.68. The molecule has 2 unspecified atom stereocenters. The molecular weight excluding hydrogens is 368 g/mol. The fourth-order valence-electron chi connectivity index (χ4n) is 4.18. The van der Waals surface area contributed by atoms with E-state index in [0.717, 1.165) is 32.5 Å². The molecule has 0 aromatic heterocycles. The molecule has 2 atom stereocenters. The van der Waals surface area contributed by atoms with Crippen LogP contribution in [0.4, 0.5) is 5.69 Å². The van der Waals surface area contributed by atoms with Crippen LogP contribution in [0.15, 0.2) is 48.5 Å². The smallest absolute Gasteiger partial charge is 0.229 e. The number of sulfonamides is 1. The molecule has 3 rings (SSSR count). The Kier molecular flexibility index (Phi) is 6.15. The van der Waals surface area contributed by atoms with Crippen molar-refractivity contribution in [2.24, 2.45) is 5.92 Å². The first kappa shape index (κ1) is 20.9. The van der Waals surface area contributed by atoms with Gasteiger partial charge in [-0.25, -0.2) is 8.42 Å². The molecule has 0 radical (unpaired) electrons.